The number of carboxylic acids is 1. The third-order valence-corrected chi connectivity index (χ3v) is 2.47. The van der Waals surface area contributed by atoms with Crippen LogP contribution in [0, 0.1) is 5.92 Å². The molecule has 0 fully saturated rings. The minimum atomic E-state index is -5.00. The van der Waals surface area contributed by atoms with Crippen molar-refractivity contribution in [3.8, 4) is 0 Å². The first-order valence-electron chi connectivity index (χ1n) is 6.26. The van der Waals surface area contributed by atoms with E-state index in [0.717, 1.165) is 0 Å². The van der Waals surface area contributed by atoms with Crippen LogP contribution in [0.4, 0.5) is 13.2 Å². The molecule has 1 N–H and O–H groups in total. The maximum Gasteiger partial charge on any atom is 0.471 e. The van der Waals surface area contributed by atoms with Gasteiger partial charge >= 0.3 is 18.1 Å². The Bertz CT molecular complexity index is 331. The van der Waals surface area contributed by atoms with Crippen LogP contribution < -0.4 is 0 Å². The van der Waals surface area contributed by atoms with Crippen molar-refractivity contribution in [1.82, 2.24) is 4.90 Å². The van der Waals surface area contributed by atoms with E-state index in [1.807, 2.05) is 0 Å². The van der Waals surface area contributed by atoms with Gasteiger partial charge in [0.2, 0.25) is 0 Å². The van der Waals surface area contributed by atoms with E-state index in [-0.39, 0.29) is 25.7 Å². The predicted molar refractivity (Wildman–Crippen MR) is 65.1 cm³/mol. The molecule has 118 valence electrons. The SMILES string of the molecule is CC(C)OCCCN(CC(C)C(=O)O)C(=O)C(F)(F)F. The van der Waals surface area contributed by atoms with Gasteiger partial charge in [0.05, 0.1) is 12.0 Å². The summed E-state index contributed by atoms with van der Waals surface area (Å²) in [5.74, 6) is -4.33. The lowest BCUT2D eigenvalue weighted by atomic mass is 10.1. The second kappa shape index (κ2) is 8.08. The summed E-state index contributed by atoms with van der Waals surface area (Å²) in [5, 5.41) is 8.72. The van der Waals surface area contributed by atoms with Crippen LogP contribution >= 0.6 is 0 Å². The Balaban J connectivity index is 4.55. The maximum atomic E-state index is 12.4. The van der Waals surface area contributed by atoms with E-state index in [0.29, 0.717) is 4.90 Å². The van der Waals surface area contributed by atoms with E-state index in [1.165, 1.54) is 6.92 Å². The zero-order chi connectivity index (χ0) is 15.9. The standard InChI is InChI=1S/C12H20F3NO4/c1-8(2)20-6-4-5-16(7-9(3)10(17)18)11(19)12(13,14)15/h8-9H,4-7H2,1-3H3,(H,17,18). The molecule has 0 saturated carbocycles. The van der Waals surface area contributed by atoms with Gasteiger partial charge in [-0.25, -0.2) is 0 Å². The summed E-state index contributed by atoms with van der Waals surface area (Å²) < 4.78 is 42.4. The van der Waals surface area contributed by atoms with Gasteiger partial charge in [-0.05, 0) is 20.3 Å². The molecule has 0 spiro atoms. The van der Waals surface area contributed by atoms with E-state index in [2.05, 4.69) is 0 Å². The summed E-state index contributed by atoms with van der Waals surface area (Å²) in [5.41, 5.74) is 0. The van der Waals surface area contributed by atoms with Gasteiger partial charge in [0, 0.05) is 19.7 Å². The zero-order valence-corrected chi connectivity index (χ0v) is 11.7. The number of hydrogen-bond acceptors (Lipinski definition) is 3. The first kappa shape index (κ1) is 18.7. The molecule has 0 heterocycles. The average Bonchev–Trinajstić information content (AvgIpc) is 2.30. The van der Waals surface area contributed by atoms with E-state index in [9.17, 15) is 22.8 Å². The van der Waals surface area contributed by atoms with Crippen LogP contribution in [0.5, 0.6) is 0 Å². The fraction of sp³-hybridized carbons (Fsp3) is 0.833. The number of carboxylic acid groups (broad SMARTS) is 1. The van der Waals surface area contributed by atoms with Gasteiger partial charge in [-0.15, -0.1) is 0 Å². The van der Waals surface area contributed by atoms with Gasteiger partial charge in [0.1, 0.15) is 0 Å². The highest BCUT2D eigenvalue weighted by molar-refractivity contribution is 5.82. The number of amides is 1. The second-order valence-corrected chi connectivity index (χ2v) is 4.76. The zero-order valence-electron chi connectivity index (χ0n) is 11.7. The van der Waals surface area contributed by atoms with Gasteiger partial charge in [-0.1, -0.05) is 6.92 Å². The van der Waals surface area contributed by atoms with E-state index in [4.69, 9.17) is 9.84 Å². The van der Waals surface area contributed by atoms with Crippen molar-refractivity contribution in [2.75, 3.05) is 19.7 Å². The Morgan fingerprint density at radius 3 is 2.20 bits per heavy atom. The van der Waals surface area contributed by atoms with Crippen LogP contribution in [-0.4, -0.2) is 53.9 Å². The van der Waals surface area contributed by atoms with Gasteiger partial charge in [-0.3, -0.25) is 9.59 Å². The molecule has 0 bridgehead atoms. The van der Waals surface area contributed by atoms with Crippen LogP contribution in [0.15, 0.2) is 0 Å². The fourth-order valence-corrected chi connectivity index (χ4v) is 1.44. The monoisotopic (exact) mass is 299 g/mol. The fourth-order valence-electron chi connectivity index (χ4n) is 1.44. The molecule has 0 rings (SSSR count). The lowest BCUT2D eigenvalue weighted by Gasteiger charge is -2.25. The van der Waals surface area contributed by atoms with Crippen molar-refractivity contribution in [2.24, 2.45) is 5.92 Å². The molecule has 5 nitrogen and oxygen atoms in total. The number of nitrogens with zero attached hydrogens (tertiary/aromatic N) is 1. The molecule has 1 atom stereocenters. The Labute approximate surface area is 115 Å². The number of hydrogen-bond donors (Lipinski definition) is 1. The minimum absolute atomic E-state index is 0.0558. The number of aliphatic carboxylic acids is 1. The quantitative estimate of drug-likeness (QED) is 0.695. The molecule has 0 aromatic heterocycles. The van der Waals surface area contributed by atoms with Crippen LogP contribution in [0.25, 0.3) is 0 Å². The van der Waals surface area contributed by atoms with Crippen LogP contribution in [-0.2, 0) is 14.3 Å². The van der Waals surface area contributed by atoms with Crippen LogP contribution in [0.3, 0.4) is 0 Å². The summed E-state index contributed by atoms with van der Waals surface area (Å²) in [6, 6.07) is 0. The van der Waals surface area contributed by atoms with Crippen LogP contribution in [0.1, 0.15) is 27.2 Å². The van der Waals surface area contributed by atoms with Crippen molar-refractivity contribution in [1.29, 1.82) is 0 Å². The minimum Gasteiger partial charge on any atom is -0.481 e. The summed E-state index contributed by atoms with van der Waals surface area (Å²) in [4.78, 5) is 22.4. The molecule has 0 aliphatic carbocycles. The third kappa shape index (κ3) is 7.32. The molecule has 1 unspecified atom stereocenters. The van der Waals surface area contributed by atoms with Gasteiger partial charge < -0.3 is 14.7 Å². The summed E-state index contributed by atoms with van der Waals surface area (Å²) >= 11 is 0. The van der Waals surface area contributed by atoms with Crippen molar-refractivity contribution < 1.29 is 32.6 Å². The molecule has 0 saturated heterocycles. The number of alkyl halides is 3. The van der Waals surface area contributed by atoms with Gasteiger partial charge in [0.25, 0.3) is 0 Å². The Kier molecular flexibility index (Phi) is 7.55. The Morgan fingerprint density at radius 2 is 1.80 bits per heavy atom. The molecule has 8 heteroatoms. The number of rotatable bonds is 8. The van der Waals surface area contributed by atoms with Crippen LogP contribution in [0.2, 0.25) is 0 Å². The third-order valence-electron chi connectivity index (χ3n) is 2.47. The summed E-state index contributed by atoms with van der Waals surface area (Å²) in [7, 11) is 0. The molecule has 0 aliphatic heterocycles. The van der Waals surface area contributed by atoms with E-state index < -0.39 is 30.5 Å². The number of carbonyl (C=O) groups excluding carboxylic acids is 1. The van der Waals surface area contributed by atoms with Crippen molar-refractivity contribution in [3.63, 3.8) is 0 Å². The van der Waals surface area contributed by atoms with Crippen molar-refractivity contribution in [3.05, 3.63) is 0 Å². The molecule has 0 aliphatic rings. The maximum absolute atomic E-state index is 12.4. The van der Waals surface area contributed by atoms with Crippen molar-refractivity contribution >= 4 is 11.9 Å². The molecule has 0 aromatic rings. The predicted octanol–water partition coefficient (Wildman–Crippen LogP) is 1.91. The Morgan fingerprint density at radius 1 is 1.25 bits per heavy atom. The smallest absolute Gasteiger partial charge is 0.471 e. The lowest BCUT2D eigenvalue weighted by molar-refractivity contribution is -0.186. The Hall–Kier alpha value is -1.31. The first-order chi connectivity index (χ1) is 9.05. The molecular formula is C12H20F3NO4. The van der Waals surface area contributed by atoms with Crippen molar-refractivity contribution in [2.45, 2.75) is 39.5 Å². The second-order valence-electron chi connectivity index (χ2n) is 4.76. The normalized spacial score (nSPS) is 13.3. The highest BCUT2D eigenvalue weighted by Gasteiger charge is 2.42. The van der Waals surface area contributed by atoms with Gasteiger partial charge in [0.15, 0.2) is 0 Å². The highest BCUT2D eigenvalue weighted by Crippen LogP contribution is 2.19. The lowest BCUT2D eigenvalue weighted by Crippen LogP contribution is -2.45. The van der Waals surface area contributed by atoms with E-state index >= 15 is 0 Å². The topological polar surface area (TPSA) is 66.8 Å². The number of ether oxygens (including phenoxy) is 1. The molecular weight excluding hydrogens is 279 g/mol. The first-order valence-corrected chi connectivity index (χ1v) is 6.26. The molecule has 1 amide bonds. The molecule has 0 radical (unpaired) electrons. The summed E-state index contributed by atoms with van der Waals surface area (Å²) in [6.45, 7) is 4.36. The molecule has 20 heavy (non-hydrogen) atoms. The largest absolute Gasteiger partial charge is 0.481 e. The summed E-state index contributed by atoms with van der Waals surface area (Å²) in [6.07, 6.45) is -4.84. The highest BCUT2D eigenvalue weighted by atomic mass is 19.4. The number of halogens is 3. The number of carbonyl (C=O) groups is 2. The average molecular weight is 299 g/mol. The molecule has 0 aromatic carbocycles. The van der Waals surface area contributed by atoms with Gasteiger partial charge in [-0.2, -0.15) is 13.2 Å². The van der Waals surface area contributed by atoms with E-state index in [1.54, 1.807) is 13.8 Å².